The van der Waals surface area contributed by atoms with E-state index < -0.39 is 24.3 Å². The van der Waals surface area contributed by atoms with E-state index in [1.54, 1.807) is 0 Å². The van der Waals surface area contributed by atoms with Crippen LogP contribution in [-0.2, 0) is 4.79 Å². The fraction of sp³-hybridized carbons (Fsp3) is 0.500. The molecule has 0 saturated carbocycles. The molecule has 0 saturated heterocycles. The molecule has 0 aromatic rings. The van der Waals surface area contributed by atoms with E-state index in [4.69, 9.17) is 5.11 Å². The maximum Gasteiger partial charge on any atom is 0.317 e. The summed E-state index contributed by atoms with van der Waals surface area (Å²) in [4.78, 5) is 9.86. The molecular formula is C6H8F3NO2. The Labute approximate surface area is 66.9 Å². The molecule has 0 heterocycles. The van der Waals surface area contributed by atoms with Gasteiger partial charge in [0.25, 0.3) is 0 Å². The Morgan fingerprint density at radius 2 is 1.92 bits per heavy atom. The molecule has 0 amide bonds. The minimum absolute atomic E-state index is 0.116. The van der Waals surface area contributed by atoms with Gasteiger partial charge in [0, 0.05) is 13.0 Å². The van der Waals surface area contributed by atoms with Crippen LogP contribution in [0.3, 0.4) is 0 Å². The van der Waals surface area contributed by atoms with Gasteiger partial charge in [-0.2, -0.15) is 8.78 Å². The van der Waals surface area contributed by atoms with Crippen molar-refractivity contribution in [2.75, 3.05) is 13.1 Å². The van der Waals surface area contributed by atoms with Gasteiger partial charge in [-0.25, -0.2) is 4.39 Å². The lowest BCUT2D eigenvalue weighted by Crippen LogP contribution is -2.23. The summed E-state index contributed by atoms with van der Waals surface area (Å²) in [6.07, 6.45) is -2.84. The number of carbonyl (C=O) groups is 1. The van der Waals surface area contributed by atoms with Gasteiger partial charge in [0.2, 0.25) is 0 Å². The van der Waals surface area contributed by atoms with E-state index in [-0.39, 0.29) is 13.1 Å². The summed E-state index contributed by atoms with van der Waals surface area (Å²) in [6.45, 7) is -0.476. The van der Waals surface area contributed by atoms with Crippen molar-refractivity contribution in [3.05, 3.63) is 11.9 Å². The lowest BCUT2D eigenvalue weighted by atomic mass is 10.4. The first-order valence-electron chi connectivity index (χ1n) is 3.16. The number of halogens is 3. The van der Waals surface area contributed by atoms with Gasteiger partial charge in [-0.05, 0) is 0 Å². The zero-order valence-electron chi connectivity index (χ0n) is 6.11. The summed E-state index contributed by atoms with van der Waals surface area (Å²) in [5.41, 5.74) is 0. The molecule has 0 radical (unpaired) electrons. The molecule has 0 aromatic carbocycles. The van der Waals surface area contributed by atoms with Crippen molar-refractivity contribution in [3.63, 3.8) is 0 Å². The van der Waals surface area contributed by atoms with Crippen LogP contribution in [0.5, 0.6) is 0 Å². The molecular weight excluding hydrogens is 175 g/mol. The van der Waals surface area contributed by atoms with Crippen molar-refractivity contribution >= 4 is 5.97 Å². The predicted octanol–water partition coefficient (Wildman–Crippen LogP) is 1.13. The first kappa shape index (κ1) is 11.0. The summed E-state index contributed by atoms with van der Waals surface area (Å²) in [5, 5.41) is 10.3. The summed E-state index contributed by atoms with van der Waals surface area (Å²) < 4.78 is 34.7. The fourth-order valence-corrected chi connectivity index (χ4v) is 0.488. The number of carboxylic acid groups (broad SMARTS) is 1. The largest absolute Gasteiger partial charge is 0.480 e. The quantitative estimate of drug-likeness (QED) is 0.628. The van der Waals surface area contributed by atoms with Gasteiger partial charge < -0.3 is 10.4 Å². The molecule has 12 heavy (non-hydrogen) atoms. The second kappa shape index (κ2) is 5.59. The molecule has 0 rings (SSSR count). The smallest absolute Gasteiger partial charge is 0.317 e. The van der Waals surface area contributed by atoms with Gasteiger partial charge in [0.05, 0.1) is 6.54 Å². The Hall–Kier alpha value is -1.04. The molecule has 3 nitrogen and oxygen atoms in total. The van der Waals surface area contributed by atoms with Crippen LogP contribution in [0.15, 0.2) is 11.9 Å². The lowest BCUT2D eigenvalue weighted by Gasteiger charge is -1.98. The van der Waals surface area contributed by atoms with Crippen molar-refractivity contribution < 1.29 is 23.1 Å². The van der Waals surface area contributed by atoms with E-state index >= 15 is 0 Å². The second-order valence-electron chi connectivity index (χ2n) is 1.99. The van der Waals surface area contributed by atoms with Gasteiger partial charge >= 0.3 is 12.0 Å². The van der Waals surface area contributed by atoms with Crippen LogP contribution in [0.4, 0.5) is 13.2 Å². The SMILES string of the molecule is O=C(O)CNCCC(F)=C(F)F. The Balaban J connectivity index is 3.45. The normalized spacial score (nSPS) is 9.58. The maximum atomic E-state index is 12.0. The molecule has 0 unspecified atom stereocenters. The third-order valence-corrected chi connectivity index (χ3v) is 1.00. The molecule has 70 valence electrons. The molecule has 0 aliphatic heterocycles. The summed E-state index contributed by atoms with van der Waals surface area (Å²) in [7, 11) is 0. The van der Waals surface area contributed by atoms with Crippen LogP contribution in [0.25, 0.3) is 0 Å². The van der Waals surface area contributed by atoms with Crippen molar-refractivity contribution in [2.45, 2.75) is 6.42 Å². The summed E-state index contributed by atoms with van der Waals surface area (Å²) >= 11 is 0. The van der Waals surface area contributed by atoms with Crippen LogP contribution in [0.2, 0.25) is 0 Å². The van der Waals surface area contributed by atoms with Crippen LogP contribution in [0.1, 0.15) is 6.42 Å². The standard InChI is InChI=1S/C6H8F3NO2/c7-4(6(8)9)1-2-10-3-5(11)12/h10H,1-3H2,(H,11,12). The molecule has 0 spiro atoms. The van der Waals surface area contributed by atoms with Crippen molar-refractivity contribution in [2.24, 2.45) is 0 Å². The monoisotopic (exact) mass is 183 g/mol. The molecule has 6 heteroatoms. The van der Waals surface area contributed by atoms with Crippen LogP contribution < -0.4 is 5.32 Å². The molecule has 0 atom stereocenters. The van der Waals surface area contributed by atoms with Crippen LogP contribution in [-0.4, -0.2) is 24.2 Å². The molecule has 0 aliphatic carbocycles. The first-order chi connectivity index (χ1) is 5.54. The number of hydrogen-bond donors (Lipinski definition) is 2. The highest BCUT2D eigenvalue weighted by Gasteiger charge is 2.04. The summed E-state index contributed by atoms with van der Waals surface area (Å²) in [5.74, 6) is -2.62. The van der Waals surface area contributed by atoms with Gasteiger partial charge in [0.1, 0.15) is 0 Å². The number of carboxylic acids is 1. The Bertz CT molecular complexity index is 189. The van der Waals surface area contributed by atoms with Gasteiger partial charge in [-0.15, -0.1) is 0 Å². The molecule has 2 N–H and O–H groups in total. The number of nitrogens with one attached hydrogen (secondary N) is 1. The summed E-state index contributed by atoms with van der Waals surface area (Å²) in [6, 6.07) is 0. The van der Waals surface area contributed by atoms with E-state index in [1.165, 1.54) is 0 Å². The van der Waals surface area contributed by atoms with Crippen molar-refractivity contribution in [1.82, 2.24) is 5.32 Å². The highest BCUT2D eigenvalue weighted by molar-refractivity contribution is 5.68. The Kier molecular flexibility index (Phi) is 5.11. The molecule has 0 fully saturated rings. The fourth-order valence-electron chi connectivity index (χ4n) is 0.488. The average Bonchev–Trinajstić information content (AvgIpc) is 1.97. The van der Waals surface area contributed by atoms with Gasteiger partial charge in [-0.1, -0.05) is 0 Å². The van der Waals surface area contributed by atoms with E-state index in [0.29, 0.717) is 0 Å². The number of hydrogen-bond acceptors (Lipinski definition) is 2. The average molecular weight is 183 g/mol. The third-order valence-electron chi connectivity index (χ3n) is 1.00. The second-order valence-corrected chi connectivity index (χ2v) is 1.99. The van der Waals surface area contributed by atoms with E-state index in [0.717, 1.165) is 0 Å². The molecule has 0 bridgehead atoms. The Morgan fingerprint density at radius 1 is 1.33 bits per heavy atom. The van der Waals surface area contributed by atoms with Crippen LogP contribution >= 0.6 is 0 Å². The predicted molar refractivity (Wildman–Crippen MR) is 35.5 cm³/mol. The van der Waals surface area contributed by atoms with E-state index in [2.05, 4.69) is 5.32 Å². The Morgan fingerprint density at radius 3 is 2.33 bits per heavy atom. The third kappa shape index (κ3) is 5.72. The topological polar surface area (TPSA) is 49.3 Å². The molecule has 0 aromatic heterocycles. The van der Waals surface area contributed by atoms with Gasteiger partial charge in [0.15, 0.2) is 5.83 Å². The zero-order valence-corrected chi connectivity index (χ0v) is 6.11. The zero-order chi connectivity index (χ0) is 9.56. The van der Waals surface area contributed by atoms with E-state index in [9.17, 15) is 18.0 Å². The minimum atomic E-state index is -2.35. The van der Waals surface area contributed by atoms with Crippen LogP contribution in [0, 0.1) is 0 Å². The highest BCUT2D eigenvalue weighted by Crippen LogP contribution is 2.11. The van der Waals surface area contributed by atoms with Crippen molar-refractivity contribution in [3.8, 4) is 0 Å². The first-order valence-corrected chi connectivity index (χ1v) is 3.16. The number of aliphatic carboxylic acids is 1. The molecule has 0 aliphatic rings. The van der Waals surface area contributed by atoms with Crippen molar-refractivity contribution in [1.29, 1.82) is 0 Å². The van der Waals surface area contributed by atoms with E-state index in [1.807, 2.05) is 0 Å². The number of rotatable bonds is 5. The highest BCUT2D eigenvalue weighted by atomic mass is 19.3. The van der Waals surface area contributed by atoms with Gasteiger partial charge in [-0.3, -0.25) is 4.79 Å². The maximum absolute atomic E-state index is 12.0. The lowest BCUT2D eigenvalue weighted by molar-refractivity contribution is -0.135. The minimum Gasteiger partial charge on any atom is -0.480 e.